The molecule has 0 radical (unpaired) electrons. The molecule has 3 nitrogen and oxygen atoms in total. The van der Waals surface area contributed by atoms with Crippen molar-refractivity contribution in [2.45, 2.75) is 26.7 Å². The van der Waals surface area contributed by atoms with Gasteiger partial charge in [0.05, 0.1) is 15.2 Å². The van der Waals surface area contributed by atoms with Gasteiger partial charge in [0.1, 0.15) is 0 Å². The van der Waals surface area contributed by atoms with E-state index in [-0.39, 0.29) is 5.91 Å². The summed E-state index contributed by atoms with van der Waals surface area (Å²) in [7, 11) is 0. The molecular weight excluding hydrogens is 292 g/mol. The second-order valence-corrected chi connectivity index (χ2v) is 6.78. The lowest BCUT2D eigenvalue weighted by molar-refractivity contribution is 0.102. The summed E-state index contributed by atoms with van der Waals surface area (Å²) in [5.41, 5.74) is 3.54. The first-order valence-electron chi connectivity index (χ1n) is 7.31. The van der Waals surface area contributed by atoms with Crippen molar-refractivity contribution in [1.82, 2.24) is 4.98 Å². The van der Waals surface area contributed by atoms with Crippen molar-refractivity contribution in [2.24, 2.45) is 0 Å². The maximum atomic E-state index is 12.3. The standard InChI is InChI=1S/C18H18N2OS/c1-11(2)18-20-15-8-7-14(10-16(15)22-18)19-17(21)13-6-4-5-12(3)9-13/h4-11H,1-3H3,(H,19,21). The van der Waals surface area contributed by atoms with E-state index in [2.05, 4.69) is 24.1 Å². The normalized spacial score (nSPS) is 11.1. The molecule has 0 unspecified atom stereocenters. The molecular formula is C18H18N2OS. The zero-order chi connectivity index (χ0) is 15.7. The SMILES string of the molecule is Cc1cccc(C(=O)Nc2ccc3nc(C(C)C)sc3c2)c1. The van der Waals surface area contributed by atoms with E-state index in [9.17, 15) is 4.79 Å². The van der Waals surface area contributed by atoms with Crippen LogP contribution in [0.1, 0.15) is 40.7 Å². The highest BCUT2D eigenvalue weighted by Gasteiger charge is 2.10. The molecule has 4 heteroatoms. The van der Waals surface area contributed by atoms with E-state index in [1.165, 1.54) is 0 Å². The molecule has 112 valence electrons. The van der Waals surface area contributed by atoms with Crippen LogP contribution in [0.5, 0.6) is 0 Å². The number of aromatic nitrogens is 1. The first-order chi connectivity index (χ1) is 10.5. The number of hydrogen-bond donors (Lipinski definition) is 1. The molecule has 1 amide bonds. The molecule has 1 aromatic heterocycles. The van der Waals surface area contributed by atoms with Crippen molar-refractivity contribution in [1.29, 1.82) is 0 Å². The van der Waals surface area contributed by atoms with Crippen molar-refractivity contribution in [2.75, 3.05) is 5.32 Å². The fourth-order valence-electron chi connectivity index (χ4n) is 2.26. The fraction of sp³-hybridized carbons (Fsp3) is 0.222. The summed E-state index contributed by atoms with van der Waals surface area (Å²) in [5, 5.41) is 4.08. The molecule has 0 saturated carbocycles. The lowest BCUT2D eigenvalue weighted by atomic mass is 10.1. The lowest BCUT2D eigenvalue weighted by Gasteiger charge is -2.05. The summed E-state index contributed by atoms with van der Waals surface area (Å²) < 4.78 is 1.10. The number of amides is 1. The third kappa shape index (κ3) is 3.02. The molecule has 0 aliphatic rings. The Hall–Kier alpha value is -2.20. The monoisotopic (exact) mass is 310 g/mol. The van der Waals surface area contributed by atoms with Gasteiger partial charge in [-0.25, -0.2) is 4.98 Å². The average Bonchev–Trinajstić information content (AvgIpc) is 2.90. The van der Waals surface area contributed by atoms with E-state index in [0.29, 0.717) is 11.5 Å². The Morgan fingerprint density at radius 1 is 1.18 bits per heavy atom. The topological polar surface area (TPSA) is 42.0 Å². The van der Waals surface area contributed by atoms with Crippen LogP contribution in [0.15, 0.2) is 42.5 Å². The van der Waals surface area contributed by atoms with Crippen LogP contribution in [-0.2, 0) is 0 Å². The van der Waals surface area contributed by atoms with Crippen LogP contribution in [0, 0.1) is 6.92 Å². The number of rotatable bonds is 3. The predicted octanol–water partition coefficient (Wildman–Crippen LogP) is 4.98. The van der Waals surface area contributed by atoms with Crippen molar-refractivity contribution >= 4 is 33.1 Å². The van der Waals surface area contributed by atoms with Crippen LogP contribution in [0.4, 0.5) is 5.69 Å². The number of nitrogens with one attached hydrogen (secondary N) is 1. The van der Waals surface area contributed by atoms with Gasteiger partial charge in [0.25, 0.3) is 5.91 Å². The predicted molar refractivity (Wildman–Crippen MR) is 92.8 cm³/mol. The van der Waals surface area contributed by atoms with Gasteiger partial charge in [-0.3, -0.25) is 4.79 Å². The van der Waals surface area contributed by atoms with Gasteiger partial charge in [-0.1, -0.05) is 31.5 Å². The van der Waals surface area contributed by atoms with Crippen LogP contribution < -0.4 is 5.32 Å². The number of aryl methyl sites for hydroxylation is 1. The van der Waals surface area contributed by atoms with Gasteiger partial charge in [0.15, 0.2) is 0 Å². The van der Waals surface area contributed by atoms with Crippen LogP contribution in [0.25, 0.3) is 10.2 Å². The molecule has 0 aliphatic heterocycles. The maximum Gasteiger partial charge on any atom is 0.255 e. The van der Waals surface area contributed by atoms with Gasteiger partial charge >= 0.3 is 0 Å². The fourth-order valence-corrected chi connectivity index (χ4v) is 3.27. The van der Waals surface area contributed by atoms with Crippen LogP contribution in [0.3, 0.4) is 0 Å². The number of benzene rings is 2. The Labute approximate surface area is 134 Å². The Kier molecular flexibility index (Phi) is 3.94. The zero-order valence-corrected chi connectivity index (χ0v) is 13.7. The minimum Gasteiger partial charge on any atom is -0.322 e. The van der Waals surface area contributed by atoms with Gasteiger partial charge in [0, 0.05) is 17.2 Å². The number of thiazole rings is 1. The summed E-state index contributed by atoms with van der Waals surface area (Å²) in [6, 6.07) is 13.4. The maximum absolute atomic E-state index is 12.3. The number of carbonyl (C=O) groups excluding carboxylic acids is 1. The van der Waals surface area contributed by atoms with E-state index < -0.39 is 0 Å². The third-order valence-electron chi connectivity index (χ3n) is 3.44. The largest absolute Gasteiger partial charge is 0.322 e. The molecule has 0 atom stereocenters. The van der Waals surface area contributed by atoms with E-state index >= 15 is 0 Å². The Balaban J connectivity index is 1.86. The molecule has 1 N–H and O–H groups in total. The Morgan fingerprint density at radius 3 is 2.73 bits per heavy atom. The number of nitrogens with zero attached hydrogens (tertiary/aromatic N) is 1. The van der Waals surface area contributed by atoms with E-state index in [1.54, 1.807) is 11.3 Å². The number of hydrogen-bond acceptors (Lipinski definition) is 3. The van der Waals surface area contributed by atoms with Crippen LogP contribution in [-0.4, -0.2) is 10.9 Å². The smallest absolute Gasteiger partial charge is 0.255 e. The van der Waals surface area contributed by atoms with Gasteiger partial charge in [0.2, 0.25) is 0 Å². The number of carbonyl (C=O) groups is 1. The molecule has 2 aromatic carbocycles. The molecule has 0 aliphatic carbocycles. The minimum atomic E-state index is -0.0864. The van der Waals surface area contributed by atoms with Crippen LogP contribution in [0.2, 0.25) is 0 Å². The Morgan fingerprint density at radius 2 is 2.00 bits per heavy atom. The quantitative estimate of drug-likeness (QED) is 0.741. The second kappa shape index (κ2) is 5.89. The molecule has 0 fully saturated rings. The van der Waals surface area contributed by atoms with Crippen molar-refractivity contribution < 1.29 is 4.79 Å². The van der Waals surface area contributed by atoms with Gasteiger partial charge in [-0.2, -0.15) is 0 Å². The third-order valence-corrected chi connectivity index (χ3v) is 4.76. The van der Waals surface area contributed by atoms with E-state index in [1.807, 2.05) is 49.4 Å². The minimum absolute atomic E-state index is 0.0864. The molecule has 3 rings (SSSR count). The Bertz CT molecular complexity index is 836. The first kappa shape index (κ1) is 14.7. The van der Waals surface area contributed by atoms with Gasteiger partial charge in [-0.05, 0) is 37.3 Å². The molecule has 0 bridgehead atoms. The summed E-state index contributed by atoms with van der Waals surface area (Å²) in [6.45, 7) is 6.25. The molecule has 3 aromatic rings. The van der Waals surface area contributed by atoms with Crippen molar-refractivity contribution in [3.05, 3.63) is 58.6 Å². The highest BCUT2D eigenvalue weighted by molar-refractivity contribution is 7.18. The van der Waals surface area contributed by atoms with E-state index in [4.69, 9.17) is 0 Å². The molecule has 0 spiro atoms. The average molecular weight is 310 g/mol. The lowest BCUT2D eigenvalue weighted by Crippen LogP contribution is -2.11. The zero-order valence-electron chi connectivity index (χ0n) is 12.9. The first-order valence-corrected chi connectivity index (χ1v) is 8.13. The number of fused-ring (bicyclic) bond motifs is 1. The summed E-state index contributed by atoms with van der Waals surface area (Å²) in [6.07, 6.45) is 0. The van der Waals surface area contributed by atoms with Gasteiger partial charge < -0.3 is 5.32 Å². The highest BCUT2D eigenvalue weighted by Crippen LogP contribution is 2.29. The van der Waals surface area contributed by atoms with Crippen molar-refractivity contribution in [3.8, 4) is 0 Å². The summed E-state index contributed by atoms with van der Waals surface area (Å²) in [4.78, 5) is 16.9. The summed E-state index contributed by atoms with van der Waals surface area (Å²) >= 11 is 1.68. The van der Waals surface area contributed by atoms with Gasteiger partial charge in [-0.15, -0.1) is 11.3 Å². The number of anilines is 1. The summed E-state index contributed by atoms with van der Waals surface area (Å²) in [5.74, 6) is 0.333. The van der Waals surface area contributed by atoms with Crippen LogP contribution >= 0.6 is 11.3 Å². The second-order valence-electron chi connectivity index (χ2n) is 5.71. The van der Waals surface area contributed by atoms with E-state index in [0.717, 1.165) is 26.5 Å². The highest BCUT2D eigenvalue weighted by atomic mass is 32.1. The molecule has 22 heavy (non-hydrogen) atoms. The molecule has 0 saturated heterocycles. The van der Waals surface area contributed by atoms with Crippen molar-refractivity contribution in [3.63, 3.8) is 0 Å². The molecule has 1 heterocycles.